The molecule has 0 fully saturated rings. The summed E-state index contributed by atoms with van der Waals surface area (Å²) in [5.41, 5.74) is 1.09. The molecule has 10 heteroatoms. The summed E-state index contributed by atoms with van der Waals surface area (Å²) >= 11 is 12.3. The zero-order valence-electron chi connectivity index (χ0n) is 19.1. The van der Waals surface area contributed by atoms with Crippen LogP contribution in [-0.2, 0) is 26.0 Å². The summed E-state index contributed by atoms with van der Waals surface area (Å²) < 4.78 is 26.0. The van der Waals surface area contributed by atoms with Crippen LogP contribution in [0.5, 0.6) is 0 Å². The second kappa shape index (κ2) is 11.7. The van der Waals surface area contributed by atoms with Gasteiger partial charge in [0.2, 0.25) is 21.8 Å². The molecule has 0 saturated heterocycles. The van der Waals surface area contributed by atoms with Crippen molar-refractivity contribution in [1.29, 1.82) is 0 Å². The van der Waals surface area contributed by atoms with E-state index in [0.717, 1.165) is 16.1 Å². The summed E-state index contributed by atoms with van der Waals surface area (Å²) in [6.07, 6.45) is 1.49. The minimum absolute atomic E-state index is 0.0994. The SMILES string of the molecule is CC(C)NC(=O)C(C)N(CCc1ccccc1)C(=O)CN(c1cc(Cl)ccc1Cl)S(C)(=O)=O. The third-order valence-electron chi connectivity index (χ3n) is 4.94. The van der Waals surface area contributed by atoms with Crippen molar-refractivity contribution in [2.24, 2.45) is 0 Å². The molecule has 180 valence electrons. The summed E-state index contributed by atoms with van der Waals surface area (Å²) in [6.45, 7) is 4.99. The fraction of sp³-hybridized carbons (Fsp3) is 0.391. The Labute approximate surface area is 205 Å². The Hall–Kier alpha value is -2.29. The average Bonchev–Trinajstić information content (AvgIpc) is 2.73. The molecule has 1 N–H and O–H groups in total. The van der Waals surface area contributed by atoms with Crippen molar-refractivity contribution < 1.29 is 18.0 Å². The minimum atomic E-state index is -3.88. The van der Waals surface area contributed by atoms with Gasteiger partial charge in [-0.25, -0.2) is 8.42 Å². The van der Waals surface area contributed by atoms with E-state index in [2.05, 4.69) is 5.32 Å². The maximum Gasteiger partial charge on any atom is 0.244 e. The smallest absolute Gasteiger partial charge is 0.244 e. The third kappa shape index (κ3) is 7.91. The van der Waals surface area contributed by atoms with Gasteiger partial charge in [-0.1, -0.05) is 53.5 Å². The van der Waals surface area contributed by atoms with Crippen LogP contribution in [0, 0.1) is 0 Å². The average molecular weight is 514 g/mol. The number of benzene rings is 2. The monoisotopic (exact) mass is 513 g/mol. The lowest BCUT2D eigenvalue weighted by Gasteiger charge is -2.32. The fourth-order valence-electron chi connectivity index (χ4n) is 3.25. The highest BCUT2D eigenvalue weighted by Gasteiger charge is 2.30. The summed E-state index contributed by atoms with van der Waals surface area (Å²) in [5.74, 6) is -0.850. The highest BCUT2D eigenvalue weighted by molar-refractivity contribution is 7.92. The van der Waals surface area contributed by atoms with Crippen LogP contribution in [0.1, 0.15) is 26.3 Å². The van der Waals surface area contributed by atoms with Crippen molar-refractivity contribution in [3.05, 3.63) is 64.1 Å². The molecular formula is C23H29Cl2N3O4S. The number of rotatable bonds is 10. The number of amides is 2. The standard InChI is InChI=1S/C23H29Cl2N3O4S/c1-16(2)26-23(30)17(3)27(13-12-18-8-6-5-7-9-18)22(29)15-28(33(4,31)32)21-14-19(24)10-11-20(21)25/h5-11,14,16-17H,12-13,15H2,1-4H3,(H,26,30). The van der Waals surface area contributed by atoms with E-state index in [1.807, 2.05) is 44.2 Å². The van der Waals surface area contributed by atoms with Crippen LogP contribution in [0.25, 0.3) is 0 Å². The number of nitrogens with one attached hydrogen (secondary N) is 1. The van der Waals surface area contributed by atoms with Gasteiger partial charge in [0.1, 0.15) is 12.6 Å². The zero-order valence-corrected chi connectivity index (χ0v) is 21.4. The summed E-state index contributed by atoms with van der Waals surface area (Å²) in [5, 5.41) is 3.22. The molecule has 0 bridgehead atoms. The first-order valence-electron chi connectivity index (χ1n) is 10.5. The molecule has 0 aromatic heterocycles. The van der Waals surface area contributed by atoms with E-state index in [-0.39, 0.29) is 34.2 Å². The van der Waals surface area contributed by atoms with Crippen molar-refractivity contribution in [3.8, 4) is 0 Å². The number of carbonyl (C=O) groups is 2. The van der Waals surface area contributed by atoms with Crippen molar-refractivity contribution >= 4 is 50.7 Å². The summed E-state index contributed by atoms with van der Waals surface area (Å²) in [6, 6.07) is 13.0. The predicted octanol–water partition coefficient (Wildman–Crippen LogP) is 3.74. The molecule has 1 unspecified atom stereocenters. The third-order valence-corrected chi connectivity index (χ3v) is 6.62. The Balaban J connectivity index is 2.35. The molecule has 2 amide bonds. The molecule has 7 nitrogen and oxygen atoms in total. The Morgan fingerprint density at radius 2 is 1.67 bits per heavy atom. The number of hydrogen-bond donors (Lipinski definition) is 1. The Bertz CT molecular complexity index is 1080. The van der Waals surface area contributed by atoms with E-state index in [1.54, 1.807) is 6.92 Å². The van der Waals surface area contributed by atoms with Crippen LogP contribution >= 0.6 is 23.2 Å². The first kappa shape index (κ1) is 27.0. The molecule has 0 radical (unpaired) electrons. The van der Waals surface area contributed by atoms with Crippen LogP contribution < -0.4 is 9.62 Å². The van der Waals surface area contributed by atoms with Crippen LogP contribution in [0.15, 0.2) is 48.5 Å². The van der Waals surface area contributed by atoms with Gasteiger partial charge in [0, 0.05) is 17.6 Å². The minimum Gasteiger partial charge on any atom is -0.352 e. The first-order chi connectivity index (χ1) is 15.4. The number of sulfonamides is 1. The lowest BCUT2D eigenvalue weighted by molar-refractivity contribution is -0.139. The van der Waals surface area contributed by atoms with Crippen LogP contribution in [-0.4, -0.2) is 56.6 Å². The Morgan fingerprint density at radius 1 is 1.03 bits per heavy atom. The van der Waals surface area contributed by atoms with Gasteiger partial charge in [0.05, 0.1) is 17.0 Å². The molecule has 2 rings (SSSR count). The largest absolute Gasteiger partial charge is 0.352 e. The molecular weight excluding hydrogens is 485 g/mol. The Morgan fingerprint density at radius 3 is 2.24 bits per heavy atom. The van der Waals surface area contributed by atoms with Gasteiger partial charge in [0.25, 0.3) is 0 Å². The second-order valence-corrected chi connectivity index (χ2v) is 10.8. The van der Waals surface area contributed by atoms with Crippen LogP contribution in [0.2, 0.25) is 10.0 Å². The van der Waals surface area contributed by atoms with Gasteiger partial charge in [0.15, 0.2) is 0 Å². The van der Waals surface area contributed by atoms with Crippen molar-refractivity contribution in [2.45, 2.75) is 39.3 Å². The molecule has 0 aliphatic heterocycles. The van der Waals surface area contributed by atoms with Gasteiger partial charge in [-0.3, -0.25) is 13.9 Å². The van der Waals surface area contributed by atoms with E-state index in [0.29, 0.717) is 6.42 Å². The maximum atomic E-state index is 13.4. The van der Waals surface area contributed by atoms with Gasteiger partial charge >= 0.3 is 0 Å². The highest BCUT2D eigenvalue weighted by atomic mass is 35.5. The molecule has 1 atom stereocenters. The van der Waals surface area contributed by atoms with Crippen LogP contribution in [0.3, 0.4) is 0 Å². The normalized spacial score (nSPS) is 12.3. The molecule has 0 saturated carbocycles. The molecule has 0 heterocycles. The lowest BCUT2D eigenvalue weighted by Crippen LogP contribution is -2.53. The quantitative estimate of drug-likeness (QED) is 0.524. The van der Waals surface area contributed by atoms with Gasteiger partial charge in [-0.15, -0.1) is 0 Å². The topological polar surface area (TPSA) is 86.8 Å². The number of nitrogens with zero attached hydrogens (tertiary/aromatic N) is 2. The molecule has 0 aliphatic carbocycles. The summed E-state index contributed by atoms with van der Waals surface area (Å²) in [7, 11) is -3.88. The van der Waals surface area contributed by atoms with Crippen molar-refractivity contribution in [3.63, 3.8) is 0 Å². The van der Waals surface area contributed by atoms with E-state index >= 15 is 0 Å². The molecule has 2 aromatic rings. The summed E-state index contributed by atoms with van der Waals surface area (Å²) in [4.78, 5) is 27.5. The van der Waals surface area contributed by atoms with E-state index in [9.17, 15) is 18.0 Å². The number of hydrogen-bond acceptors (Lipinski definition) is 4. The number of anilines is 1. The molecule has 2 aromatic carbocycles. The molecule has 0 aliphatic rings. The molecule has 0 spiro atoms. The van der Waals surface area contributed by atoms with Crippen molar-refractivity contribution in [1.82, 2.24) is 10.2 Å². The van der Waals surface area contributed by atoms with Gasteiger partial charge < -0.3 is 10.2 Å². The highest BCUT2D eigenvalue weighted by Crippen LogP contribution is 2.30. The maximum absolute atomic E-state index is 13.4. The number of carbonyl (C=O) groups excluding carboxylic acids is 2. The Kier molecular flexibility index (Phi) is 9.57. The zero-order chi connectivity index (χ0) is 24.8. The number of halogens is 2. The van der Waals surface area contributed by atoms with Gasteiger partial charge in [-0.05, 0) is 51.0 Å². The lowest BCUT2D eigenvalue weighted by atomic mass is 10.1. The molecule has 33 heavy (non-hydrogen) atoms. The predicted molar refractivity (Wildman–Crippen MR) is 133 cm³/mol. The second-order valence-electron chi connectivity index (χ2n) is 8.03. The van der Waals surface area contributed by atoms with E-state index < -0.39 is 28.5 Å². The van der Waals surface area contributed by atoms with Gasteiger partial charge in [-0.2, -0.15) is 0 Å². The van der Waals surface area contributed by atoms with E-state index in [4.69, 9.17) is 23.2 Å². The van der Waals surface area contributed by atoms with Crippen molar-refractivity contribution in [2.75, 3.05) is 23.7 Å². The fourth-order valence-corrected chi connectivity index (χ4v) is 4.54. The van der Waals surface area contributed by atoms with Crippen LogP contribution in [0.4, 0.5) is 5.69 Å². The van der Waals surface area contributed by atoms with E-state index in [1.165, 1.54) is 23.1 Å². The first-order valence-corrected chi connectivity index (χ1v) is 13.1.